The number of carbonyl (C=O) groups excluding carboxylic acids is 2. The quantitative estimate of drug-likeness (QED) is 0.678. The van der Waals surface area contributed by atoms with Crippen LogP contribution in [0.4, 0.5) is 0 Å². The minimum atomic E-state index is -0.382. The number of rotatable bonds is 6. The first kappa shape index (κ1) is 17.8. The Morgan fingerprint density at radius 2 is 1.96 bits per heavy atom. The van der Waals surface area contributed by atoms with Crippen LogP contribution < -0.4 is 5.32 Å². The molecule has 2 aromatic heterocycles. The highest BCUT2D eigenvalue weighted by Gasteiger charge is 2.10. The predicted molar refractivity (Wildman–Crippen MR) is 98.7 cm³/mol. The van der Waals surface area contributed by atoms with E-state index in [9.17, 15) is 9.59 Å². The van der Waals surface area contributed by atoms with Crippen LogP contribution in [0, 0.1) is 0 Å². The molecule has 0 bridgehead atoms. The summed E-state index contributed by atoms with van der Waals surface area (Å²) in [6, 6.07) is 12.6. The molecule has 0 atom stereocenters. The van der Waals surface area contributed by atoms with Crippen LogP contribution >= 0.6 is 11.3 Å². The number of esters is 1. The molecule has 0 saturated heterocycles. The highest BCUT2D eigenvalue weighted by atomic mass is 32.1. The molecule has 0 radical (unpaired) electrons. The molecule has 1 aromatic carbocycles. The summed E-state index contributed by atoms with van der Waals surface area (Å²) in [5, 5.41) is 5.52. The summed E-state index contributed by atoms with van der Waals surface area (Å²) in [5.74, 6) is -0.493. The van der Waals surface area contributed by atoms with Crippen molar-refractivity contribution in [3.63, 3.8) is 0 Å². The van der Waals surface area contributed by atoms with E-state index in [1.165, 1.54) is 18.4 Å². The van der Waals surface area contributed by atoms with E-state index in [0.29, 0.717) is 17.8 Å². The highest BCUT2D eigenvalue weighted by molar-refractivity contribution is 7.13. The average molecular weight is 367 g/mol. The van der Waals surface area contributed by atoms with Crippen LogP contribution in [0.25, 0.3) is 10.7 Å². The molecule has 0 aliphatic carbocycles. The zero-order valence-electron chi connectivity index (χ0n) is 14.1. The van der Waals surface area contributed by atoms with E-state index in [1.807, 2.05) is 23.6 Å². The van der Waals surface area contributed by atoms with Gasteiger partial charge in [-0.3, -0.25) is 9.78 Å². The molecule has 3 rings (SSSR count). The van der Waals surface area contributed by atoms with E-state index in [-0.39, 0.29) is 18.3 Å². The molecule has 26 heavy (non-hydrogen) atoms. The fourth-order valence-electron chi connectivity index (χ4n) is 2.30. The lowest BCUT2D eigenvalue weighted by Crippen LogP contribution is -2.24. The van der Waals surface area contributed by atoms with Crippen molar-refractivity contribution in [3.05, 3.63) is 70.9 Å². The Morgan fingerprint density at radius 3 is 2.65 bits per heavy atom. The lowest BCUT2D eigenvalue weighted by molar-refractivity contribution is -0.120. The molecule has 2 heterocycles. The number of thiazole rings is 1. The summed E-state index contributed by atoms with van der Waals surface area (Å²) >= 11 is 1.47. The third-order valence-electron chi connectivity index (χ3n) is 3.64. The second kappa shape index (κ2) is 8.35. The van der Waals surface area contributed by atoms with E-state index in [2.05, 4.69) is 20.0 Å². The summed E-state index contributed by atoms with van der Waals surface area (Å²) in [4.78, 5) is 32.2. The summed E-state index contributed by atoms with van der Waals surface area (Å²) in [5.41, 5.74) is 2.90. The fraction of sp³-hybridized carbons (Fsp3) is 0.158. The third kappa shape index (κ3) is 4.52. The van der Waals surface area contributed by atoms with E-state index in [1.54, 1.807) is 30.5 Å². The first-order valence-corrected chi connectivity index (χ1v) is 8.83. The van der Waals surface area contributed by atoms with Crippen molar-refractivity contribution < 1.29 is 14.3 Å². The summed E-state index contributed by atoms with van der Waals surface area (Å²) in [6.07, 6.45) is 1.93. The number of ether oxygens (including phenoxy) is 1. The maximum absolute atomic E-state index is 12.1. The van der Waals surface area contributed by atoms with Crippen LogP contribution in [0.1, 0.15) is 21.6 Å². The van der Waals surface area contributed by atoms with Gasteiger partial charge in [0.2, 0.25) is 5.91 Å². The molecule has 132 valence electrons. The van der Waals surface area contributed by atoms with Crippen molar-refractivity contribution in [3.8, 4) is 10.7 Å². The minimum absolute atomic E-state index is 0.111. The first-order valence-electron chi connectivity index (χ1n) is 7.95. The number of pyridine rings is 1. The number of carbonyl (C=O) groups is 2. The largest absolute Gasteiger partial charge is 0.465 e. The van der Waals surface area contributed by atoms with Gasteiger partial charge >= 0.3 is 5.97 Å². The van der Waals surface area contributed by atoms with E-state index >= 15 is 0 Å². The number of methoxy groups -OCH3 is 1. The Labute approximate surface area is 154 Å². The van der Waals surface area contributed by atoms with E-state index < -0.39 is 0 Å². The topological polar surface area (TPSA) is 81.2 Å². The Bertz CT molecular complexity index is 892. The van der Waals surface area contributed by atoms with Gasteiger partial charge < -0.3 is 10.1 Å². The highest BCUT2D eigenvalue weighted by Crippen LogP contribution is 2.21. The normalized spacial score (nSPS) is 10.3. The van der Waals surface area contributed by atoms with Crippen molar-refractivity contribution in [1.29, 1.82) is 0 Å². The molecule has 0 spiro atoms. The molecule has 0 aliphatic rings. The Balaban J connectivity index is 1.53. The van der Waals surface area contributed by atoms with Crippen molar-refractivity contribution >= 4 is 23.2 Å². The zero-order valence-corrected chi connectivity index (χ0v) is 15.0. The summed E-state index contributed by atoms with van der Waals surface area (Å²) in [6.45, 7) is 0.386. The third-order valence-corrected chi connectivity index (χ3v) is 4.56. The van der Waals surface area contributed by atoms with Crippen molar-refractivity contribution in [1.82, 2.24) is 15.3 Å². The molecule has 6 nitrogen and oxygen atoms in total. The second-order valence-electron chi connectivity index (χ2n) is 5.50. The SMILES string of the molecule is COC(=O)c1ccc(CNC(=O)Cc2csc(-c3ccccn3)n2)cc1. The minimum Gasteiger partial charge on any atom is -0.465 e. The van der Waals surface area contributed by atoms with Gasteiger partial charge in [0, 0.05) is 18.1 Å². The average Bonchev–Trinajstić information content (AvgIpc) is 3.15. The molecule has 7 heteroatoms. The van der Waals surface area contributed by atoms with Crippen molar-refractivity contribution in [2.45, 2.75) is 13.0 Å². The van der Waals surface area contributed by atoms with Gasteiger partial charge in [-0.1, -0.05) is 18.2 Å². The van der Waals surface area contributed by atoms with Gasteiger partial charge in [0.25, 0.3) is 0 Å². The molecule has 0 saturated carbocycles. The number of benzene rings is 1. The van der Waals surface area contributed by atoms with E-state index in [0.717, 1.165) is 16.3 Å². The number of hydrogen-bond acceptors (Lipinski definition) is 6. The predicted octanol–water partition coefficient (Wildman–Crippen LogP) is 2.85. The van der Waals surface area contributed by atoms with Crippen LogP contribution in [0.2, 0.25) is 0 Å². The molecule has 1 amide bonds. The van der Waals surface area contributed by atoms with Crippen LogP contribution in [0.3, 0.4) is 0 Å². The standard InChI is InChI=1S/C19H17N3O3S/c1-25-19(24)14-7-5-13(6-8-14)11-21-17(23)10-15-12-26-18(22-15)16-4-2-3-9-20-16/h2-9,12H,10-11H2,1H3,(H,21,23). The summed E-state index contributed by atoms with van der Waals surface area (Å²) < 4.78 is 4.66. The monoisotopic (exact) mass is 367 g/mol. The van der Waals surface area contributed by atoms with Gasteiger partial charge in [0.15, 0.2) is 0 Å². The molecule has 0 aliphatic heterocycles. The van der Waals surface area contributed by atoms with Gasteiger partial charge in [-0.05, 0) is 29.8 Å². The van der Waals surface area contributed by atoms with Crippen LogP contribution in [0.15, 0.2) is 54.0 Å². The van der Waals surface area contributed by atoms with Gasteiger partial charge in [-0.2, -0.15) is 0 Å². The lowest BCUT2D eigenvalue weighted by atomic mass is 10.1. The number of nitrogens with zero attached hydrogens (tertiary/aromatic N) is 2. The fourth-order valence-corrected chi connectivity index (χ4v) is 3.09. The van der Waals surface area contributed by atoms with E-state index in [4.69, 9.17) is 0 Å². The molecule has 3 aromatic rings. The van der Waals surface area contributed by atoms with Crippen molar-refractivity contribution in [2.24, 2.45) is 0 Å². The van der Waals surface area contributed by atoms with Gasteiger partial charge in [-0.25, -0.2) is 9.78 Å². The van der Waals surface area contributed by atoms with Gasteiger partial charge in [0.05, 0.1) is 30.5 Å². The maximum Gasteiger partial charge on any atom is 0.337 e. The number of aromatic nitrogens is 2. The number of amides is 1. The first-order chi connectivity index (χ1) is 12.7. The second-order valence-corrected chi connectivity index (χ2v) is 6.36. The lowest BCUT2D eigenvalue weighted by Gasteiger charge is -2.05. The molecule has 0 fully saturated rings. The van der Waals surface area contributed by atoms with Gasteiger partial charge in [-0.15, -0.1) is 11.3 Å². The van der Waals surface area contributed by atoms with Crippen LogP contribution in [-0.4, -0.2) is 29.0 Å². The van der Waals surface area contributed by atoms with Gasteiger partial charge in [0.1, 0.15) is 5.01 Å². The van der Waals surface area contributed by atoms with Crippen LogP contribution in [-0.2, 0) is 22.5 Å². The Hall–Kier alpha value is -3.06. The molecular formula is C19H17N3O3S. The molecule has 0 unspecified atom stereocenters. The summed E-state index contributed by atoms with van der Waals surface area (Å²) in [7, 11) is 1.34. The van der Waals surface area contributed by atoms with Crippen LogP contribution in [0.5, 0.6) is 0 Å². The molecular weight excluding hydrogens is 350 g/mol. The zero-order chi connectivity index (χ0) is 18.4. The number of hydrogen-bond donors (Lipinski definition) is 1. The Morgan fingerprint density at radius 1 is 1.15 bits per heavy atom. The smallest absolute Gasteiger partial charge is 0.337 e. The number of nitrogens with one attached hydrogen (secondary N) is 1. The van der Waals surface area contributed by atoms with Crippen molar-refractivity contribution in [2.75, 3.05) is 7.11 Å². The molecule has 1 N–H and O–H groups in total. The maximum atomic E-state index is 12.1. The Kier molecular flexibility index (Phi) is 5.70.